The molecule has 2 saturated carbocycles. The number of anilines is 2. The molecule has 3 aromatic carbocycles. The van der Waals surface area contributed by atoms with Crippen molar-refractivity contribution in [1.29, 1.82) is 0 Å². The van der Waals surface area contributed by atoms with Gasteiger partial charge in [-0.15, -0.1) is 0 Å². The van der Waals surface area contributed by atoms with Crippen LogP contribution in [0.2, 0.25) is 0 Å². The number of carbonyl (C=O) groups excluding carboxylic acids is 8. The van der Waals surface area contributed by atoms with Gasteiger partial charge in [-0.3, -0.25) is 38.4 Å². The molecular formula is C62H80N14O8. The Morgan fingerprint density at radius 3 is 1.20 bits per heavy atom. The number of hydrogen-bond acceptors (Lipinski definition) is 12. The monoisotopic (exact) mass is 1150 g/mol. The Morgan fingerprint density at radius 2 is 0.857 bits per heavy atom. The van der Waals surface area contributed by atoms with Crippen LogP contribution in [0.3, 0.4) is 0 Å². The summed E-state index contributed by atoms with van der Waals surface area (Å²) in [5, 5.41) is 33.3. The van der Waals surface area contributed by atoms with E-state index < -0.39 is 83.8 Å². The number of benzene rings is 3. The third-order valence-electron chi connectivity index (χ3n) is 17.0. The van der Waals surface area contributed by atoms with Gasteiger partial charge in [-0.25, -0.2) is 9.36 Å². The molecule has 2 aliphatic carbocycles. The molecule has 8 atom stereocenters. The number of nitrogens with zero attached hydrogens (tertiary/aromatic N) is 6. The summed E-state index contributed by atoms with van der Waals surface area (Å²) < 4.78 is 3.24. The number of carbonyl (C=O) groups is 8. The molecule has 0 unspecified atom stereocenters. The summed E-state index contributed by atoms with van der Waals surface area (Å²) in [5.74, 6) is -2.92. The fraction of sp³-hybridized carbons (Fsp3) is 0.484. The Bertz CT molecular complexity index is 2950. The molecule has 8 N–H and O–H groups in total. The van der Waals surface area contributed by atoms with Crippen molar-refractivity contribution in [2.24, 2.45) is 11.8 Å². The van der Waals surface area contributed by atoms with Crippen molar-refractivity contribution in [2.75, 3.05) is 37.8 Å². The van der Waals surface area contributed by atoms with E-state index in [0.717, 1.165) is 75.6 Å². The first-order chi connectivity index (χ1) is 40.5. The molecule has 446 valence electrons. The van der Waals surface area contributed by atoms with Gasteiger partial charge < -0.3 is 52.3 Å². The average molecular weight is 1150 g/mol. The molecule has 9 rings (SSSR count). The largest absolute Gasteiger partial charge is 0.347 e. The van der Waals surface area contributed by atoms with E-state index in [2.05, 4.69) is 52.7 Å². The Kier molecular flexibility index (Phi) is 19.7. The van der Waals surface area contributed by atoms with Crippen molar-refractivity contribution < 1.29 is 38.4 Å². The summed E-state index contributed by atoms with van der Waals surface area (Å²) >= 11 is 0. The molecular weight excluding hydrogens is 1070 g/mol. The summed E-state index contributed by atoms with van der Waals surface area (Å²) in [6.45, 7) is 7.03. The zero-order chi connectivity index (χ0) is 59.6. The van der Waals surface area contributed by atoms with Crippen LogP contribution in [0.25, 0.3) is 11.4 Å². The van der Waals surface area contributed by atoms with Gasteiger partial charge in [0.25, 0.3) is 11.8 Å². The number of likely N-dealkylation sites (N-methyl/N-ethyl adjacent to an activating group) is 2. The van der Waals surface area contributed by atoms with Crippen molar-refractivity contribution >= 4 is 58.9 Å². The summed E-state index contributed by atoms with van der Waals surface area (Å²) in [6, 6.07) is 21.8. The Morgan fingerprint density at radius 1 is 0.500 bits per heavy atom. The average Bonchev–Trinajstić information content (AvgIpc) is 3.37. The van der Waals surface area contributed by atoms with Crippen LogP contribution >= 0.6 is 0 Å². The van der Waals surface area contributed by atoms with Gasteiger partial charge >= 0.3 is 0 Å². The third kappa shape index (κ3) is 14.2. The molecule has 2 aliphatic heterocycles. The lowest BCUT2D eigenvalue weighted by atomic mass is 9.83. The molecule has 22 nitrogen and oxygen atoms in total. The van der Waals surface area contributed by atoms with Crippen molar-refractivity contribution in [3.05, 3.63) is 120 Å². The molecule has 84 heavy (non-hydrogen) atoms. The minimum atomic E-state index is -1.04. The maximum Gasteiger partial charge on any atom is 0.251 e. The first-order valence-electron chi connectivity index (χ1n) is 29.6. The zero-order valence-corrected chi connectivity index (χ0v) is 48.9. The quantitative estimate of drug-likeness (QED) is 0.0527. The van der Waals surface area contributed by atoms with Gasteiger partial charge in [0, 0.05) is 48.4 Å². The summed E-state index contributed by atoms with van der Waals surface area (Å²) in [6.07, 6.45) is 8.73. The van der Waals surface area contributed by atoms with Gasteiger partial charge in [-0.2, -0.15) is 10.2 Å². The summed E-state index contributed by atoms with van der Waals surface area (Å²) in [5.41, 5.74) is 3.20. The number of amides is 8. The third-order valence-corrected chi connectivity index (χ3v) is 17.0. The van der Waals surface area contributed by atoms with Crippen LogP contribution in [0, 0.1) is 25.7 Å². The molecule has 2 saturated heterocycles. The fourth-order valence-electron chi connectivity index (χ4n) is 12.2. The molecule has 0 radical (unpaired) electrons. The van der Waals surface area contributed by atoms with Crippen LogP contribution in [0.15, 0.2) is 97.1 Å². The summed E-state index contributed by atoms with van der Waals surface area (Å²) in [7, 11) is 3.34. The minimum Gasteiger partial charge on any atom is -0.347 e. The van der Waals surface area contributed by atoms with Crippen molar-refractivity contribution in [2.45, 2.75) is 153 Å². The second-order valence-corrected chi connectivity index (χ2v) is 23.0. The van der Waals surface area contributed by atoms with Gasteiger partial charge in [0.2, 0.25) is 35.4 Å². The van der Waals surface area contributed by atoms with Crippen molar-refractivity contribution in [3.8, 4) is 11.4 Å². The summed E-state index contributed by atoms with van der Waals surface area (Å²) in [4.78, 5) is 117. The second kappa shape index (κ2) is 27.4. The van der Waals surface area contributed by atoms with E-state index in [9.17, 15) is 38.4 Å². The van der Waals surface area contributed by atoms with E-state index in [1.165, 1.54) is 34.1 Å². The van der Waals surface area contributed by atoms with Crippen molar-refractivity contribution in [3.63, 3.8) is 0 Å². The van der Waals surface area contributed by atoms with Crippen molar-refractivity contribution in [1.82, 2.24) is 61.3 Å². The maximum absolute atomic E-state index is 15.0. The number of nitrogens with one attached hydrogen (secondary N) is 8. The number of aryl methyl sites for hydroxylation is 2. The van der Waals surface area contributed by atoms with E-state index in [-0.39, 0.29) is 60.7 Å². The minimum absolute atomic E-state index is 0.0140. The Balaban J connectivity index is 0.917. The zero-order valence-electron chi connectivity index (χ0n) is 48.9. The SMILES string of the molecule is CN[C@@H](C)C(=O)N[C@H](C(=O)N1C[C@@H](NC(=O)c2ccc(C(=O)N[C@H]3C[C@@H](C(=O)Nc4cc(C)nn4-c4ccccc4)N(C(=O)[C@@H](NC(=O)[C@H](C)NC)C4CCCCC4)C3)cc2)C[C@H]1C(=O)Nc1cc(C)nn1-c1ccccc1)C1CCCCC1. The van der Waals surface area contributed by atoms with Gasteiger partial charge in [0.05, 0.1) is 34.8 Å². The lowest BCUT2D eigenvalue weighted by Crippen LogP contribution is -2.57. The molecule has 4 fully saturated rings. The predicted octanol–water partition coefficient (Wildman–Crippen LogP) is 4.70. The molecule has 0 spiro atoms. The number of para-hydroxylation sites is 2. The van der Waals surface area contributed by atoms with Crippen LogP contribution < -0.4 is 42.5 Å². The topological polar surface area (TPSA) is 275 Å². The highest BCUT2D eigenvalue weighted by molar-refractivity contribution is 6.02. The number of likely N-dealkylation sites (tertiary alicyclic amines) is 2. The highest BCUT2D eigenvalue weighted by Crippen LogP contribution is 2.33. The number of hydrogen-bond donors (Lipinski definition) is 8. The molecule has 22 heteroatoms. The molecule has 2 aromatic heterocycles. The van der Waals surface area contributed by atoms with Crippen LogP contribution in [-0.2, 0) is 28.8 Å². The Hall–Kier alpha value is -8.24. The van der Waals surface area contributed by atoms with Gasteiger partial charge in [0.15, 0.2) is 0 Å². The van der Waals surface area contributed by atoms with E-state index >= 15 is 0 Å². The van der Waals surface area contributed by atoms with Crippen LogP contribution in [0.5, 0.6) is 0 Å². The molecule has 8 amide bonds. The standard InChI is InChI=1S/C62H80N14O8/c1-37-31-51(75(71-37)47-23-15-9-16-24-47)67-59(81)49-33-45(35-73(49)61(83)53(41-19-11-7-12-20-41)69-55(77)39(3)63-5)65-57(79)43-27-29-44(30-28-43)58(80)66-46-34-50(60(82)68-52-32-38(2)72-76(52)48-25-17-10-18-26-48)74(36-46)62(84)54(42-21-13-8-14-22-42)70-56(78)40(4)64-6/h9-10,15-18,23-32,39-42,45-46,49-50,53-54,63-64H,7-8,11-14,19-22,33-36H2,1-6H3,(H,65,79)(H,66,80)(H,67,81)(H,68,82)(H,69,77)(H,70,78)/t39-,40-,45-,46-,49-,50-,53-,54-/m0/s1. The lowest BCUT2D eigenvalue weighted by molar-refractivity contribution is -0.142. The van der Waals surface area contributed by atoms with Gasteiger partial charge in [-0.1, -0.05) is 74.9 Å². The molecule has 4 heterocycles. The predicted molar refractivity (Wildman–Crippen MR) is 317 cm³/mol. The molecule has 5 aromatic rings. The smallest absolute Gasteiger partial charge is 0.251 e. The maximum atomic E-state index is 15.0. The number of aromatic nitrogens is 4. The fourth-order valence-corrected chi connectivity index (χ4v) is 12.2. The van der Waals surface area contributed by atoms with E-state index in [1.807, 2.05) is 74.5 Å². The van der Waals surface area contributed by atoms with E-state index in [1.54, 1.807) is 49.4 Å². The van der Waals surface area contributed by atoms with Gasteiger partial charge in [0.1, 0.15) is 35.8 Å². The van der Waals surface area contributed by atoms with Crippen LogP contribution in [0.4, 0.5) is 11.6 Å². The highest BCUT2D eigenvalue weighted by Gasteiger charge is 2.47. The van der Waals surface area contributed by atoms with E-state index in [0.29, 0.717) is 23.0 Å². The normalized spacial score (nSPS) is 20.7. The highest BCUT2D eigenvalue weighted by atomic mass is 16.2. The first kappa shape index (κ1) is 60.4. The molecule has 4 aliphatic rings. The Labute approximate surface area is 490 Å². The first-order valence-corrected chi connectivity index (χ1v) is 29.6. The lowest BCUT2D eigenvalue weighted by Gasteiger charge is -2.35. The number of rotatable bonds is 20. The van der Waals surface area contributed by atoms with Crippen LogP contribution in [0.1, 0.15) is 123 Å². The van der Waals surface area contributed by atoms with Gasteiger partial charge in [-0.05, 0) is 141 Å². The van der Waals surface area contributed by atoms with E-state index in [4.69, 9.17) is 0 Å². The second-order valence-electron chi connectivity index (χ2n) is 23.0. The van der Waals surface area contributed by atoms with Crippen LogP contribution in [-0.4, -0.2) is 152 Å². The molecule has 0 bridgehead atoms.